The predicted octanol–water partition coefficient (Wildman–Crippen LogP) is 3.83. The molecule has 0 radical (unpaired) electrons. The van der Waals surface area contributed by atoms with Crippen molar-refractivity contribution in [3.63, 3.8) is 0 Å². The lowest BCUT2D eigenvalue weighted by molar-refractivity contribution is -0.152. The van der Waals surface area contributed by atoms with Crippen LogP contribution in [0.25, 0.3) is 0 Å². The molecule has 1 aliphatic heterocycles. The highest BCUT2D eigenvalue weighted by atomic mass is 16.2. The molecule has 0 aliphatic carbocycles. The van der Waals surface area contributed by atoms with Crippen LogP contribution in [-0.2, 0) is 11.2 Å². The summed E-state index contributed by atoms with van der Waals surface area (Å²) in [6, 6.07) is 19.3. The van der Waals surface area contributed by atoms with Crippen LogP contribution in [-0.4, -0.2) is 41.4 Å². The van der Waals surface area contributed by atoms with Crippen molar-refractivity contribution in [2.24, 2.45) is 11.3 Å². The van der Waals surface area contributed by atoms with Gasteiger partial charge in [0.25, 0.3) is 5.91 Å². The Hall–Kier alpha value is -2.62. The standard InChI is InChI=1S/C23H28N2O2/c1-23(2,3)22-24(4)20(26)19(15-17-11-7-5-8-12-17)16-25(22)21(27)18-13-9-6-10-14-18/h5-14,19,22H,15-16H2,1-4H3/t19-,22+/m1/s1. The van der Waals surface area contributed by atoms with Crippen LogP contribution >= 0.6 is 0 Å². The van der Waals surface area contributed by atoms with Crippen LogP contribution in [0.2, 0.25) is 0 Å². The first-order valence-corrected chi connectivity index (χ1v) is 9.45. The van der Waals surface area contributed by atoms with E-state index in [9.17, 15) is 9.59 Å². The molecule has 0 spiro atoms. The Balaban J connectivity index is 1.93. The third-order valence-electron chi connectivity index (χ3n) is 5.16. The molecule has 0 saturated carbocycles. The molecule has 4 heteroatoms. The number of hydrogen-bond acceptors (Lipinski definition) is 2. The van der Waals surface area contributed by atoms with Crippen LogP contribution in [0.1, 0.15) is 36.7 Å². The lowest BCUT2D eigenvalue weighted by Gasteiger charge is -2.50. The van der Waals surface area contributed by atoms with Gasteiger partial charge in [-0.05, 0) is 24.1 Å². The second-order valence-electron chi connectivity index (χ2n) is 8.40. The van der Waals surface area contributed by atoms with Crippen LogP contribution in [0, 0.1) is 11.3 Å². The Labute approximate surface area is 161 Å². The zero-order valence-corrected chi connectivity index (χ0v) is 16.6. The first-order chi connectivity index (χ1) is 12.8. The van der Waals surface area contributed by atoms with Crippen LogP contribution < -0.4 is 0 Å². The molecule has 4 nitrogen and oxygen atoms in total. The fraction of sp³-hybridized carbons (Fsp3) is 0.391. The molecular formula is C23H28N2O2. The Morgan fingerprint density at radius 2 is 1.56 bits per heavy atom. The topological polar surface area (TPSA) is 40.6 Å². The van der Waals surface area contributed by atoms with Crippen LogP contribution in [0.15, 0.2) is 60.7 Å². The molecule has 1 fully saturated rings. The molecule has 3 rings (SSSR count). The van der Waals surface area contributed by atoms with Crippen molar-refractivity contribution in [2.45, 2.75) is 33.4 Å². The van der Waals surface area contributed by atoms with Crippen molar-refractivity contribution in [2.75, 3.05) is 13.6 Å². The van der Waals surface area contributed by atoms with Gasteiger partial charge in [0.1, 0.15) is 6.17 Å². The molecule has 2 aromatic rings. The number of benzene rings is 2. The molecule has 1 aliphatic rings. The SMILES string of the molecule is CN1C(=O)[C@H](Cc2ccccc2)CN(C(=O)c2ccccc2)[C@H]1C(C)(C)C. The van der Waals surface area contributed by atoms with Gasteiger partial charge in [0.15, 0.2) is 0 Å². The van der Waals surface area contributed by atoms with Gasteiger partial charge in [-0.25, -0.2) is 0 Å². The molecule has 142 valence electrons. The summed E-state index contributed by atoms with van der Waals surface area (Å²) in [5.74, 6) is -0.146. The minimum absolute atomic E-state index is 0.0204. The zero-order chi connectivity index (χ0) is 19.6. The first kappa shape index (κ1) is 19.2. The first-order valence-electron chi connectivity index (χ1n) is 9.45. The van der Waals surface area contributed by atoms with E-state index in [1.54, 1.807) is 4.90 Å². The second-order valence-corrected chi connectivity index (χ2v) is 8.40. The maximum atomic E-state index is 13.3. The minimum Gasteiger partial charge on any atom is -0.324 e. The van der Waals surface area contributed by atoms with E-state index in [0.29, 0.717) is 18.5 Å². The molecule has 0 bridgehead atoms. The van der Waals surface area contributed by atoms with E-state index >= 15 is 0 Å². The average molecular weight is 364 g/mol. The number of carbonyl (C=O) groups is 2. The lowest BCUT2D eigenvalue weighted by Crippen LogP contribution is -2.64. The number of amides is 2. The summed E-state index contributed by atoms with van der Waals surface area (Å²) in [4.78, 5) is 30.0. The Kier molecular flexibility index (Phi) is 5.36. The summed E-state index contributed by atoms with van der Waals surface area (Å²) < 4.78 is 0. The summed E-state index contributed by atoms with van der Waals surface area (Å²) in [5.41, 5.74) is 1.53. The lowest BCUT2D eigenvalue weighted by atomic mass is 9.85. The summed E-state index contributed by atoms with van der Waals surface area (Å²) in [5, 5.41) is 0. The number of nitrogens with zero attached hydrogens (tertiary/aromatic N) is 2. The van der Waals surface area contributed by atoms with Crippen molar-refractivity contribution in [1.29, 1.82) is 0 Å². The third-order valence-corrected chi connectivity index (χ3v) is 5.16. The molecule has 1 heterocycles. The monoisotopic (exact) mass is 364 g/mol. The second kappa shape index (κ2) is 7.55. The summed E-state index contributed by atoms with van der Waals surface area (Å²) in [7, 11) is 1.82. The minimum atomic E-state index is -0.273. The van der Waals surface area contributed by atoms with Gasteiger partial charge in [0.05, 0.1) is 5.92 Å². The van der Waals surface area contributed by atoms with E-state index in [2.05, 4.69) is 20.8 Å². The van der Waals surface area contributed by atoms with E-state index in [1.807, 2.05) is 72.6 Å². The Morgan fingerprint density at radius 1 is 1.00 bits per heavy atom. The highest BCUT2D eigenvalue weighted by Crippen LogP contribution is 2.33. The van der Waals surface area contributed by atoms with Crippen LogP contribution in [0.4, 0.5) is 0 Å². The largest absolute Gasteiger partial charge is 0.324 e. The van der Waals surface area contributed by atoms with Gasteiger partial charge < -0.3 is 9.80 Å². The third kappa shape index (κ3) is 4.05. The summed E-state index contributed by atoms with van der Waals surface area (Å²) >= 11 is 0. The van der Waals surface area contributed by atoms with Gasteiger partial charge in [-0.3, -0.25) is 9.59 Å². The molecule has 27 heavy (non-hydrogen) atoms. The predicted molar refractivity (Wildman–Crippen MR) is 107 cm³/mol. The number of rotatable bonds is 3. The van der Waals surface area contributed by atoms with E-state index in [1.165, 1.54) is 0 Å². The molecule has 0 N–H and O–H groups in total. The van der Waals surface area contributed by atoms with Gasteiger partial charge in [0.2, 0.25) is 5.91 Å². The van der Waals surface area contributed by atoms with Crippen LogP contribution in [0.3, 0.4) is 0 Å². The fourth-order valence-electron chi connectivity index (χ4n) is 4.07. The molecule has 2 atom stereocenters. The molecular weight excluding hydrogens is 336 g/mol. The normalized spacial score (nSPS) is 20.7. The Bertz CT molecular complexity index is 796. The molecule has 2 aromatic carbocycles. The number of hydrogen-bond donors (Lipinski definition) is 0. The quantitative estimate of drug-likeness (QED) is 0.830. The van der Waals surface area contributed by atoms with E-state index < -0.39 is 0 Å². The summed E-state index contributed by atoms with van der Waals surface area (Å²) in [6.45, 7) is 6.66. The van der Waals surface area contributed by atoms with Crippen LogP contribution in [0.5, 0.6) is 0 Å². The smallest absolute Gasteiger partial charge is 0.255 e. The molecule has 2 amide bonds. The molecule has 0 aromatic heterocycles. The van der Waals surface area contributed by atoms with Gasteiger partial charge >= 0.3 is 0 Å². The van der Waals surface area contributed by atoms with Gasteiger partial charge in [-0.2, -0.15) is 0 Å². The van der Waals surface area contributed by atoms with E-state index in [4.69, 9.17) is 0 Å². The number of carbonyl (C=O) groups excluding carboxylic acids is 2. The average Bonchev–Trinajstić information content (AvgIpc) is 2.65. The zero-order valence-electron chi connectivity index (χ0n) is 16.6. The van der Waals surface area contributed by atoms with Crippen molar-refractivity contribution < 1.29 is 9.59 Å². The van der Waals surface area contributed by atoms with Crippen molar-refractivity contribution in [3.05, 3.63) is 71.8 Å². The van der Waals surface area contributed by atoms with Crippen molar-refractivity contribution in [3.8, 4) is 0 Å². The van der Waals surface area contributed by atoms with E-state index in [-0.39, 0.29) is 29.3 Å². The van der Waals surface area contributed by atoms with Crippen molar-refractivity contribution in [1.82, 2.24) is 9.80 Å². The Morgan fingerprint density at radius 3 is 2.11 bits per heavy atom. The summed E-state index contributed by atoms with van der Waals surface area (Å²) in [6.07, 6.45) is 0.365. The highest BCUT2D eigenvalue weighted by molar-refractivity contribution is 5.95. The van der Waals surface area contributed by atoms with Gasteiger partial charge in [-0.1, -0.05) is 69.3 Å². The van der Waals surface area contributed by atoms with Gasteiger partial charge in [0, 0.05) is 24.6 Å². The molecule has 1 saturated heterocycles. The van der Waals surface area contributed by atoms with Crippen molar-refractivity contribution >= 4 is 11.8 Å². The maximum absolute atomic E-state index is 13.3. The molecule has 0 unspecified atom stereocenters. The van der Waals surface area contributed by atoms with E-state index in [0.717, 1.165) is 5.56 Å². The van der Waals surface area contributed by atoms with Gasteiger partial charge in [-0.15, -0.1) is 0 Å². The fourth-order valence-corrected chi connectivity index (χ4v) is 4.07. The maximum Gasteiger partial charge on any atom is 0.255 e. The highest BCUT2D eigenvalue weighted by Gasteiger charge is 2.45.